The summed E-state index contributed by atoms with van der Waals surface area (Å²) < 4.78 is 23.0. The number of carbonyl (C=O) groups is 2. The molecule has 1 N–H and O–H groups in total. The number of nitrogens with one attached hydrogen (secondary N) is 1. The molecule has 0 saturated carbocycles. The first-order valence-electron chi connectivity index (χ1n) is 8.53. The zero-order valence-electron chi connectivity index (χ0n) is 15.4. The first kappa shape index (κ1) is 20.4. The number of rotatable bonds is 9. The number of carbonyl (C=O) groups excluding carboxylic acids is 2. The fourth-order valence-corrected chi connectivity index (χ4v) is 2.39. The smallest absolute Gasteiger partial charge is 0.337 e. The number of hydrogen-bond donors (Lipinski definition) is 1. The quantitative estimate of drug-likeness (QED) is 0.540. The Balaban J connectivity index is 1.67. The van der Waals surface area contributed by atoms with Crippen LogP contribution in [-0.4, -0.2) is 50.6 Å². The molecule has 0 aliphatic carbocycles. The van der Waals surface area contributed by atoms with E-state index in [4.69, 9.17) is 4.74 Å². The fraction of sp³-hybridized carbons (Fsp3) is 0.300. The van der Waals surface area contributed by atoms with Gasteiger partial charge in [0.15, 0.2) is 0 Å². The molecular formula is C20H23FN2O4. The summed E-state index contributed by atoms with van der Waals surface area (Å²) in [7, 11) is 3.16. The van der Waals surface area contributed by atoms with E-state index in [1.165, 1.54) is 19.2 Å². The molecule has 0 saturated heterocycles. The second-order valence-corrected chi connectivity index (χ2v) is 6.01. The lowest BCUT2D eigenvalue weighted by Crippen LogP contribution is -2.31. The van der Waals surface area contributed by atoms with Gasteiger partial charge in [0.2, 0.25) is 5.91 Å². The van der Waals surface area contributed by atoms with Crippen molar-refractivity contribution in [2.75, 3.05) is 39.2 Å². The van der Waals surface area contributed by atoms with Gasteiger partial charge in [-0.1, -0.05) is 0 Å². The average molecular weight is 374 g/mol. The van der Waals surface area contributed by atoms with Crippen LogP contribution < -0.4 is 10.1 Å². The van der Waals surface area contributed by atoms with Gasteiger partial charge in [-0.2, -0.15) is 0 Å². The molecule has 0 radical (unpaired) electrons. The van der Waals surface area contributed by atoms with Gasteiger partial charge in [-0.25, -0.2) is 9.18 Å². The van der Waals surface area contributed by atoms with Crippen LogP contribution in [0.15, 0.2) is 48.5 Å². The predicted octanol–water partition coefficient (Wildman–Crippen LogP) is 2.95. The van der Waals surface area contributed by atoms with Gasteiger partial charge in [0, 0.05) is 12.2 Å². The molecule has 0 atom stereocenters. The lowest BCUT2D eigenvalue weighted by molar-refractivity contribution is -0.117. The molecule has 0 spiro atoms. The number of esters is 1. The summed E-state index contributed by atoms with van der Waals surface area (Å²) in [6.45, 7) is 1.39. The van der Waals surface area contributed by atoms with E-state index in [1.807, 2.05) is 11.9 Å². The van der Waals surface area contributed by atoms with Crippen molar-refractivity contribution >= 4 is 17.6 Å². The van der Waals surface area contributed by atoms with Gasteiger partial charge in [0.05, 0.1) is 25.8 Å². The molecule has 0 unspecified atom stereocenters. The van der Waals surface area contributed by atoms with Crippen molar-refractivity contribution in [3.8, 4) is 5.75 Å². The highest BCUT2D eigenvalue weighted by atomic mass is 19.1. The van der Waals surface area contributed by atoms with E-state index in [9.17, 15) is 14.0 Å². The Morgan fingerprint density at radius 1 is 1.07 bits per heavy atom. The summed E-state index contributed by atoms with van der Waals surface area (Å²) in [6.07, 6.45) is 0.731. The van der Waals surface area contributed by atoms with Gasteiger partial charge >= 0.3 is 5.97 Å². The zero-order valence-corrected chi connectivity index (χ0v) is 15.4. The van der Waals surface area contributed by atoms with E-state index < -0.39 is 5.97 Å². The van der Waals surface area contributed by atoms with E-state index in [-0.39, 0.29) is 18.3 Å². The topological polar surface area (TPSA) is 67.9 Å². The number of nitrogens with zero attached hydrogens (tertiary/aromatic N) is 1. The number of ether oxygens (including phenoxy) is 2. The molecular weight excluding hydrogens is 351 g/mol. The number of amides is 1. The van der Waals surface area contributed by atoms with Gasteiger partial charge in [-0.3, -0.25) is 9.69 Å². The molecule has 7 heteroatoms. The molecule has 0 fully saturated rings. The van der Waals surface area contributed by atoms with Crippen molar-refractivity contribution in [1.82, 2.24) is 4.90 Å². The van der Waals surface area contributed by atoms with E-state index >= 15 is 0 Å². The molecule has 2 aromatic rings. The van der Waals surface area contributed by atoms with Crippen LogP contribution in [0.3, 0.4) is 0 Å². The third kappa shape index (κ3) is 7.07. The van der Waals surface area contributed by atoms with Crippen LogP contribution in [0, 0.1) is 5.82 Å². The van der Waals surface area contributed by atoms with Gasteiger partial charge in [0.1, 0.15) is 11.6 Å². The Morgan fingerprint density at radius 2 is 1.74 bits per heavy atom. The predicted molar refractivity (Wildman–Crippen MR) is 100 cm³/mol. The van der Waals surface area contributed by atoms with Crippen LogP contribution in [0.25, 0.3) is 0 Å². The van der Waals surface area contributed by atoms with Crippen LogP contribution in [-0.2, 0) is 9.53 Å². The molecule has 27 heavy (non-hydrogen) atoms. The number of halogens is 1. The monoisotopic (exact) mass is 374 g/mol. The average Bonchev–Trinajstić information content (AvgIpc) is 2.66. The minimum Gasteiger partial charge on any atom is -0.494 e. The molecule has 0 bridgehead atoms. The molecule has 0 heterocycles. The number of anilines is 1. The molecule has 6 nitrogen and oxygen atoms in total. The molecule has 2 rings (SSSR count). The molecule has 144 valence electrons. The first-order valence-corrected chi connectivity index (χ1v) is 8.53. The largest absolute Gasteiger partial charge is 0.494 e. The summed E-state index contributed by atoms with van der Waals surface area (Å²) in [5.74, 6) is -0.251. The van der Waals surface area contributed by atoms with Crippen LogP contribution in [0.2, 0.25) is 0 Å². The number of methoxy groups -OCH3 is 1. The first-order chi connectivity index (χ1) is 13.0. The maximum absolute atomic E-state index is 12.8. The molecule has 0 aromatic heterocycles. The third-order valence-electron chi connectivity index (χ3n) is 3.77. The summed E-state index contributed by atoms with van der Waals surface area (Å²) in [6, 6.07) is 12.4. The standard InChI is InChI=1S/C20H23FN2O4/c1-23(12-3-13-27-18-10-6-16(21)7-11-18)14-19(24)22-17-8-4-15(5-9-17)20(25)26-2/h4-11H,3,12-14H2,1-2H3,(H,22,24). The minimum atomic E-state index is -0.421. The fourth-order valence-electron chi connectivity index (χ4n) is 2.39. The molecule has 0 aliphatic rings. The third-order valence-corrected chi connectivity index (χ3v) is 3.77. The van der Waals surface area contributed by atoms with Crippen molar-refractivity contribution < 1.29 is 23.5 Å². The summed E-state index contributed by atoms with van der Waals surface area (Å²) in [5, 5.41) is 2.78. The van der Waals surface area contributed by atoms with Gasteiger partial charge < -0.3 is 14.8 Å². The minimum absolute atomic E-state index is 0.150. The van der Waals surface area contributed by atoms with Crippen LogP contribution in [0.5, 0.6) is 5.75 Å². The van der Waals surface area contributed by atoms with Gasteiger partial charge in [-0.15, -0.1) is 0 Å². The lowest BCUT2D eigenvalue weighted by atomic mass is 10.2. The Hall–Kier alpha value is -2.93. The molecule has 2 aromatic carbocycles. The van der Waals surface area contributed by atoms with Gasteiger partial charge in [-0.05, 0) is 62.0 Å². The lowest BCUT2D eigenvalue weighted by Gasteiger charge is -2.16. The van der Waals surface area contributed by atoms with Crippen molar-refractivity contribution in [3.63, 3.8) is 0 Å². The Labute approximate surface area is 157 Å². The van der Waals surface area contributed by atoms with Crippen molar-refractivity contribution in [3.05, 3.63) is 59.9 Å². The number of hydrogen-bond acceptors (Lipinski definition) is 5. The van der Waals surface area contributed by atoms with E-state index in [2.05, 4.69) is 10.1 Å². The normalized spacial score (nSPS) is 10.5. The molecule has 0 aliphatic heterocycles. The van der Waals surface area contributed by atoms with Crippen LogP contribution >= 0.6 is 0 Å². The number of benzene rings is 2. The highest BCUT2D eigenvalue weighted by molar-refractivity contribution is 5.93. The highest BCUT2D eigenvalue weighted by Crippen LogP contribution is 2.12. The molecule has 1 amide bonds. The van der Waals surface area contributed by atoms with E-state index in [0.29, 0.717) is 30.2 Å². The maximum Gasteiger partial charge on any atom is 0.337 e. The number of likely N-dealkylation sites (N-methyl/N-ethyl adjacent to an activating group) is 1. The van der Waals surface area contributed by atoms with Gasteiger partial charge in [0.25, 0.3) is 0 Å². The SMILES string of the molecule is COC(=O)c1ccc(NC(=O)CN(C)CCCOc2ccc(F)cc2)cc1. The second-order valence-electron chi connectivity index (χ2n) is 6.01. The maximum atomic E-state index is 12.8. The Bertz CT molecular complexity index is 748. The van der Waals surface area contributed by atoms with Crippen molar-refractivity contribution in [2.24, 2.45) is 0 Å². The van der Waals surface area contributed by atoms with E-state index in [1.54, 1.807) is 36.4 Å². The van der Waals surface area contributed by atoms with Crippen molar-refractivity contribution in [1.29, 1.82) is 0 Å². The van der Waals surface area contributed by atoms with E-state index in [0.717, 1.165) is 6.42 Å². The zero-order chi connectivity index (χ0) is 19.6. The van der Waals surface area contributed by atoms with Crippen molar-refractivity contribution in [2.45, 2.75) is 6.42 Å². The second kappa shape index (κ2) is 10.3. The summed E-state index contributed by atoms with van der Waals surface area (Å²) in [4.78, 5) is 25.3. The van der Waals surface area contributed by atoms with Crippen LogP contribution in [0.1, 0.15) is 16.8 Å². The Morgan fingerprint density at radius 3 is 2.37 bits per heavy atom. The summed E-state index contributed by atoms with van der Waals surface area (Å²) in [5.41, 5.74) is 1.04. The highest BCUT2D eigenvalue weighted by Gasteiger charge is 2.09. The summed E-state index contributed by atoms with van der Waals surface area (Å²) >= 11 is 0. The Kier molecular flexibility index (Phi) is 7.76. The van der Waals surface area contributed by atoms with Crippen LogP contribution in [0.4, 0.5) is 10.1 Å².